The third-order valence-corrected chi connectivity index (χ3v) is 4.02. The van der Waals surface area contributed by atoms with Gasteiger partial charge in [0.1, 0.15) is 0 Å². The summed E-state index contributed by atoms with van der Waals surface area (Å²) in [5.41, 5.74) is 6.39. The fraction of sp³-hybridized carbons (Fsp3) is 0.846. The summed E-state index contributed by atoms with van der Waals surface area (Å²) in [6.45, 7) is 9.58. The fourth-order valence-electron chi connectivity index (χ4n) is 2.63. The summed E-state index contributed by atoms with van der Waals surface area (Å²) in [5, 5.41) is 8.08. The van der Waals surface area contributed by atoms with Crippen LogP contribution in [0.5, 0.6) is 0 Å². The Bertz CT molecular complexity index is 352. The Morgan fingerprint density at radius 2 is 2.06 bits per heavy atom. The van der Waals surface area contributed by atoms with Crippen molar-refractivity contribution in [3.8, 4) is 0 Å². The molecule has 18 heavy (non-hydrogen) atoms. The van der Waals surface area contributed by atoms with Gasteiger partial charge in [0, 0.05) is 19.3 Å². The summed E-state index contributed by atoms with van der Waals surface area (Å²) in [6, 6.07) is 0. The van der Waals surface area contributed by atoms with Gasteiger partial charge in [0.25, 0.3) is 0 Å². The smallest absolute Gasteiger partial charge is 0.0962 e. The number of nitrogens with zero attached hydrogens (tertiary/aromatic N) is 4. The van der Waals surface area contributed by atoms with Gasteiger partial charge in [0.2, 0.25) is 0 Å². The Kier molecular flexibility index (Phi) is 4.72. The minimum absolute atomic E-state index is 0.472. The molecule has 0 bridgehead atoms. The molecule has 102 valence electrons. The van der Waals surface area contributed by atoms with Crippen LogP contribution in [-0.2, 0) is 13.1 Å². The van der Waals surface area contributed by atoms with Crippen LogP contribution in [0.4, 0.5) is 0 Å². The Hall–Kier alpha value is -0.940. The maximum Gasteiger partial charge on any atom is 0.0962 e. The highest BCUT2D eigenvalue weighted by molar-refractivity contribution is 4.90. The normalized spacial score (nSPS) is 18.7. The second-order valence-corrected chi connectivity index (χ2v) is 5.60. The maximum atomic E-state index is 5.52. The molecule has 0 amide bonds. The lowest BCUT2D eigenvalue weighted by Gasteiger charge is -2.33. The zero-order valence-corrected chi connectivity index (χ0v) is 11.5. The van der Waals surface area contributed by atoms with Gasteiger partial charge in [-0.2, -0.15) is 0 Å². The predicted octanol–water partition coefficient (Wildman–Crippen LogP) is 1.10. The average molecular weight is 251 g/mol. The molecular weight excluding hydrogens is 226 g/mol. The van der Waals surface area contributed by atoms with E-state index in [-0.39, 0.29) is 0 Å². The quantitative estimate of drug-likeness (QED) is 0.851. The van der Waals surface area contributed by atoms with E-state index in [1.165, 1.54) is 25.9 Å². The van der Waals surface area contributed by atoms with Gasteiger partial charge in [-0.3, -0.25) is 4.68 Å². The number of rotatable bonds is 5. The number of hydrogen-bond acceptors (Lipinski definition) is 4. The first-order chi connectivity index (χ1) is 8.69. The van der Waals surface area contributed by atoms with Crippen LogP contribution in [0.3, 0.4) is 0 Å². The van der Waals surface area contributed by atoms with Crippen LogP contribution < -0.4 is 5.73 Å². The first-order valence-corrected chi connectivity index (χ1v) is 7.00. The molecule has 0 saturated carbocycles. The van der Waals surface area contributed by atoms with Crippen LogP contribution in [-0.4, -0.2) is 39.5 Å². The van der Waals surface area contributed by atoms with Crippen molar-refractivity contribution in [1.29, 1.82) is 0 Å². The van der Waals surface area contributed by atoms with Crippen molar-refractivity contribution in [3.05, 3.63) is 11.9 Å². The van der Waals surface area contributed by atoms with E-state index in [4.69, 9.17) is 5.73 Å². The maximum absolute atomic E-state index is 5.52. The van der Waals surface area contributed by atoms with Crippen molar-refractivity contribution in [2.45, 2.75) is 39.8 Å². The molecule has 2 rings (SSSR count). The average Bonchev–Trinajstić information content (AvgIpc) is 2.85. The summed E-state index contributed by atoms with van der Waals surface area (Å²) in [5.74, 6) is 1.74. The minimum atomic E-state index is 0.472. The van der Waals surface area contributed by atoms with Gasteiger partial charge in [-0.05, 0) is 37.8 Å². The SMILES string of the molecule is CC(C)C1CCN(CCn2cc(CN)nn2)CC1. The van der Waals surface area contributed by atoms with Crippen LogP contribution in [0, 0.1) is 11.8 Å². The second-order valence-electron chi connectivity index (χ2n) is 5.60. The lowest BCUT2D eigenvalue weighted by Crippen LogP contribution is -2.37. The molecular formula is C13H25N5. The predicted molar refractivity (Wildman–Crippen MR) is 71.9 cm³/mol. The summed E-state index contributed by atoms with van der Waals surface area (Å²) >= 11 is 0. The Balaban J connectivity index is 1.72. The molecule has 0 spiro atoms. The largest absolute Gasteiger partial charge is 0.325 e. The first kappa shape index (κ1) is 13.5. The molecule has 0 aliphatic carbocycles. The van der Waals surface area contributed by atoms with E-state index >= 15 is 0 Å². The molecule has 2 N–H and O–H groups in total. The van der Waals surface area contributed by atoms with Crippen molar-refractivity contribution in [2.24, 2.45) is 17.6 Å². The number of aromatic nitrogens is 3. The highest BCUT2D eigenvalue weighted by Crippen LogP contribution is 2.24. The third-order valence-electron chi connectivity index (χ3n) is 4.02. The molecule has 1 aromatic rings. The number of hydrogen-bond donors (Lipinski definition) is 1. The molecule has 0 atom stereocenters. The van der Waals surface area contributed by atoms with Gasteiger partial charge in [-0.15, -0.1) is 5.10 Å². The molecule has 0 aromatic carbocycles. The molecule has 1 aliphatic rings. The van der Waals surface area contributed by atoms with Crippen molar-refractivity contribution >= 4 is 0 Å². The minimum Gasteiger partial charge on any atom is -0.325 e. The first-order valence-electron chi connectivity index (χ1n) is 7.00. The molecule has 0 radical (unpaired) electrons. The van der Waals surface area contributed by atoms with Crippen molar-refractivity contribution < 1.29 is 0 Å². The zero-order chi connectivity index (χ0) is 13.0. The van der Waals surface area contributed by atoms with E-state index < -0.39 is 0 Å². The number of piperidine rings is 1. The zero-order valence-electron chi connectivity index (χ0n) is 11.5. The second kappa shape index (κ2) is 6.29. The molecule has 2 heterocycles. The van der Waals surface area contributed by atoms with Gasteiger partial charge in [0.05, 0.1) is 12.2 Å². The van der Waals surface area contributed by atoms with Crippen LogP contribution >= 0.6 is 0 Å². The van der Waals surface area contributed by atoms with Gasteiger partial charge in [-0.25, -0.2) is 0 Å². The van der Waals surface area contributed by atoms with E-state index in [1.807, 2.05) is 10.9 Å². The highest BCUT2D eigenvalue weighted by atomic mass is 15.4. The lowest BCUT2D eigenvalue weighted by molar-refractivity contribution is 0.152. The standard InChI is InChI=1S/C13H25N5/c1-11(2)12-3-5-17(6-4-12)7-8-18-10-13(9-14)15-16-18/h10-12H,3-9,14H2,1-2H3. The van der Waals surface area contributed by atoms with Gasteiger partial charge < -0.3 is 10.6 Å². The van der Waals surface area contributed by atoms with Crippen LogP contribution in [0.25, 0.3) is 0 Å². The Morgan fingerprint density at radius 3 is 2.61 bits per heavy atom. The van der Waals surface area contributed by atoms with E-state index in [9.17, 15) is 0 Å². The summed E-state index contributed by atoms with van der Waals surface area (Å²) in [4.78, 5) is 2.53. The molecule has 1 fully saturated rings. The molecule has 5 nitrogen and oxygen atoms in total. The Labute approximate surface area is 109 Å². The van der Waals surface area contributed by atoms with E-state index in [2.05, 4.69) is 29.1 Å². The molecule has 1 aromatic heterocycles. The van der Waals surface area contributed by atoms with E-state index in [0.29, 0.717) is 6.54 Å². The van der Waals surface area contributed by atoms with Gasteiger partial charge in [0.15, 0.2) is 0 Å². The van der Waals surface area contributed by atoms with Gasteiger partial charge in [-0.1, -0.05) is 19.1 Å². The Morgan fingerprint density at radius 1 is 1.33 bits per heavy atom. The summed E-state index contributed by atoms with van der Waals surface area (Å²) < 4.78 is 1.90. The van der Waals surface area contributed by atoms with Crippen LogP contribution in [0.2, 0.25) is 0 Å². The molecule has 5 heteroatoms. The lowest BCUT2D eigenvalue weighted by atomic mass is 9.87. The van der Waals surface area contributed by atoms with E-state index in [0.717, 1.165) is 30.6 Å². The van der Waals surface area contributed by atoms with Crippen molar-refractivity contribution in [1.82, 2.24) is 19.9 Å². The molecule has 1 aliphatic heterocycles. The van der Waals surface area contributed by atoms with Crippen molar-refractivity contribution in [3.63, 3.8) is 0 Å². The molecule has 1 saturated heterocycles. The van der Waals surface area contributed by atoms with Crippen LogP contribution in [0.1, 0.15) is 32.4 Å². The van der Waals surface area contributed by atoms with Gasteiger partial charge >= 0.3 is 0 Å². The highest BCUT2D eigenvalue weighted by Gasteiger charge is 2.21. The fourth-order valence-corrected chi connectivity index (χ4v) is 2.63. The van der Waals surface area contributed by atoms with E-state index in [1.54, 1.807) is 0 Å². The number of likely N-dealkylation sites (tertiary alicyclic amines) is 1. The molecule has 0 unspecified atom stereocenters. The third kappa shape index (κ3) is 3.53. The van der Waals surface area contributed by atoms with Crippen molar-refractivity contribution in [2.75, 3.05) is 19.6 Å². The summed E-state index contributed by atoms with van der Waals surface area (Å²) in [6.07, 6.45) is 4.62. The number of nitrogens with two attached hydrogens (primary N) is 1. The monoisotopic (exact) mass is 251 g/mol. The van der Waals surface area contributed by atoms with Crippen LogP contribution in [0.15, 0.2) is 6.20 Å². The topological polar surface area (TPSA) is 60.0 Å². The summed E-state index contributed by atoms with van der Waals surface area (Å²) in [7, 11) is 0.